The molecule has 25 heavy (non-hydrogen) atoms. The normalized spacial score (nSPS) is 35.2. The molecule has 1 saturated heterocycles. The van der Waals surface area contributed by atoms with Crippen molar-refractivity contribution in [3.8, 4) is 0 Å². The van der Waals surface area contributed by atoms with E-state index in [1.54, 1.807) is 11.3 Å². The quantitative estimate of drug-likeness (QED) is 0.870. The summed E-state index contributed by atoms with van der Waals surface area (Å²) < 4.78 is 5.78. The number of fused-ring (bicyclic) bond motifs is 2. The fraction of sp³-hybridized carbons (Fsp3) is 0.789. The van der Waals surface area contributed by atoms with Crippen LogP contribution in [0, 0.1) is 17.8 Å². The van der Waals surface area contributed by atoms with Gasteiger partial charge in [0.15, 0.2) is 5.13 Å². The van der Waals surface area contributed by atoms with E-state index in [1.807, 2.05) is 0 Å². The Balaban J connectivity index is 1.27. The fourth-order valence-corrected chi connectivity index (χ4v) is 5.83. The molecule has 1 N–H and O–H groups in total. The van der Waals surface area contributed by atoms with E-state index in [4.69, 9.17) is 4.74 Å². The van der Waals surface area contributed by atoms with Crippen LogP contribution in [0.5, 0.6) is 0 Å². The maximum atomic E-state index is 12.4. The zero-order valence-corrected chi connectivity index (χ0v) is 16.1. The summed E-state index contributed by atoms with van der Waals surface area (Å²) in [5.74, 6) is 2.45. The second-order valence-corrected chi connectivity index (χ2v) is 9.14. The predicted octanol–water partition coefficient (Wildman–Crippen LogP) is 3.52. The van der Waals surface area contributed by atoms with Gasteiger partial charge in [-0.3, -0.25) is 9.69 Å². The molecule has 1 aromatic rings. The zero-order chi connectivity index (χ0) is 17.4. The molecule has 1 amide bonds. The van der Waals surface area contributed by atoms with Gasteiger partial charge in [0.25, 0.3) is 0 Å². The number of carbonyl (C=O) groups excluding carboxylic acids is 1. The lowest BCUT2D eigenvalue weighted by molar-refractivity contribution is -0.117. The van der Waals surface area contributed by atoms with Crippen LogP contribution in [0.3, 0.4) is 0 Å². The van der Waals surface area contributed by atoms with E-state index in [0.717, 1.165) is 42.3 Å². The molecule has 1 aromatic heterocycles. The third-order valence-electron chi connectivity index (χ3n) is 6.01. The van der Waals surface area contributed by atoms with Crippen molar-refractivity contribution < 1.29 is 9.53 Å². The molecule has 3 aliphatic rings. The number of hydrogen-bond acceptors (Lipinski definition) is 5. The van der Waals surface area contributed by atoms with Crippen LogP contribution < -0.4 is 5.32 Å². The van der Waals surface area contributed by atoms with Gasteiger partial charge in [0.2, 0.25) is 5.91 Å². The number of morpholine rings is 1. The van der Waals surface area contributed by atoms with E-state index in [1.165, 1.54) is 25.7 Å². The molecule has 138 valence electrons. The summed E-state index contributed by atoms with van der Waals surface area (Å²) in [5.41, 5.74) is 1.04. The second kappa shape index (κ2) is 7.33. The SMILES string of the molecule is C[C@@H]1CN(Cc2csc(NC(=O)C[C@@H]3C[C@@H]4CC[C@@H]3C4)n2)C[C@H](C)O1. The number of hydrogen-bond donors (Lipinski definition) is 1. The first-order valence-electron chi connectivity index (χ1n) is 9.67. The van der Waals surface area contributed by atoms with Gasteiger partial charge < -0.3 is 10.1 Å². The average Bonchev–Trinajstić information content (AvgIpc) is 3.23. The largest absolute Gasteiger partial charge is 0.373 e. The van der Waals surface area contributed by atoms with E-state index in [9.17, 15) is 4.79 Å². The lowest BCUT2D eigenvalue weighted by Crippen LogP contribution is -2.44. The summed E-state index contributed by atoms with van der Waals surface area (Å²) in [5, 5.41) is 5.84. The number of amides is 1. The number of carbonyl (C=O) groups is 1. The molecule has 3 fully saturated rings. The fourth-order valence-electron chi connectivity index (χ4n) is 5.11. The second-order valence-electron chi connectivity index (χ2n) is 8.28. The van der Waals surface area contributed by atoms with Crippen molar-refractivity contribution in [2.24, 2.45) is 17.8 Å². The van der Waals surface area contributed by atoms with E-state index in [2.05, 4.69) is 34.4 Å². The van der Waals surface area contributed by atoms with Gasteiger partial charge in [0.05, 0.1) is 17.9 Å². The van der Waals surface area contributed by atoms with Crippen molar-refractivity contribution in [1.29, 1.82) is 0 Å². The first-order chi connectivity index (χ1) is 12.0. The van der Waals surface area contributed by atoms with Gasteiger partial charge in [-0.05, 0) is 50.9 Å². The maximum Gasteiger partial charge on any atom is 0.226 e. The Morgan fingerprint density at radius 3 is 2.80 bits per heavy atom. The van der Waals surface area contributed by atoms with Crippen LogP contribution in [0.1, 0.15) is 51.6 Å². The van der Waals surface area contributed by atoms with Gasteiger partial charge in [-0.25, -0.2) is 4.98 Å². The van der Waals surface area contributed by atoms with Crippen molar-refractivity contribution in [3.05, 3.63) is 11.1 Å². The number of rotatable bonds is 5. The molecule has 0 radical (unpaired) electrons. The van der Waals surface area contributed by atoms with Crippen molar-refractivity contribution in [2.45, 2.75) is 64.7 Å². The van der Waals surface area contributed by atoms with Crippen LogP contribution in [0.25, 0.3) is 0 Å². The Morgan fingerprint density at radius 2 is 2.12 bits per heavy atom. The summed E-state index contributed by atoms with van der Waals surface area (Å²) >= 11 is 1.54. The van der Waals surface area contributed by atoms with Crippen LogP contribution in [-0.2, 0) is 16.1 Å². The van der Waals surface area contributed by atoms with E-state index in [-0.39, 0.29) is 18.1 Å². The Bertz CT molecular complexity index is 610. The monoisotopic (exact) mass is 363 g/mol. The number of nitrogens with zero attached hydrogens (tertiary/aromatic N) is 2. The molecule has 1 aliphatic heterocycles. The van der Waals surface area contributed by atoms with Gasteiger partial charge in [0, 0.05) is 31.4 Å². The van der Waals surface area contributed by atoms with Gasteiger partial charge in [-0.1, -0.05) is 6.42 Å². The third-order valence-corrected chi connectivity index (χ3v) is 6.82. The smallest absolute Gasteiger partial charge is 0.226 e. The molecule has 2 bridgehead atoms. The number of anilines is 1. The van der Waals surface area contributed by atoms with Crippen molar-refractivity contribution in [3.63, 3.8) is 0 Å². The molecule has 0 unspecified atom stereocenters. The Labute approximate surface area is 154 Å². The van der Waals surface area contributed by atoms with Crippen LogP contribution in [0.15, 0.2) is 5.38 Å². The maximum absolute atomic E-state index is 12.4. The highest BCUT2D eigenvalue weighted by molar-refractivity contribution is 7.13. The lowest BCUT2D eigenvalue weighted by atomic mass is 9.86. The lowest BCUT2D eigenvalue weighted by Gasteiger charge is -2.34. The highest BCUT2D eigenvalue weighted by atomic mass is 32.1. The molecule has 2 aliphatic carbocycles. The summed E-state index contributed by atoms with van der Waals surface area (Å²) in [7, 11) is 0. The molecule has 6 heteroatoms. The number of nitrogens with one attached hydrogen (secondary N) is 1. The molecule has 0 aromatic carbocycles. The average molecular weight is 364 g/mol. The van der Waals surface area contributed by atoms with Crippen LogP contribution in [0.4, 0.5) is 5.13 Å². The van der Waals surface area contributed by atoms with Crippen LogP contribution in [-0.4, -0.2) is 41.1 Å². The van der Waals surface area contributed by atoms with E-state index in [0.29, 0.717) is 12.3 Å². The molecule has 4 rings (SSSR count). The van der Waals surface area contributed by atoms with Crippen molar-refractivity contribution in [1.82, 2.24) is 9.88 Å². The Kier molecular flexibility index (Phi) is 5.11. The van der Waals surface area contributed by atoms with Gasteiger partial charge in [0.1, 0.15) is 0 Å². The molecule has 2 heterocycles. The molecule has 5 atom stereocenters. The molecular weight excluding hydrogens is 334 g/mol. The minimum atomic E-state index is 0.145. The molecular formula is C19H29N3O2S. The van der Waals surface area contributed by atoms with Gasteiger partial charge >= 0.3 is 0 Å². The van der Waals surface area contributed by atoms with E-state index >= 15 is 0 Å². The minimum absolute atomic E-state index is 0.145. The predicted molar refractivity (Wildman–Crippen MR) is 99.6 cm³/mol. The molecule has 0 spiro atoms. The van der Waals surface area contributed by atoms with Gasteiger partial charge in [-0.2, -0.15) is 0 Å². The standard InChI is InChI=1S/C19H29N3O2S/c1-12-8-22(9-13(2)24-12)10-17-11-25-19(20-17)21-18(23)7-16-6-14-3-4-15(16)5-14/h11-16H,3-10H2,1-2H3,(H,20,21,23)/t12-,13+,14-,15-,16+/m1/s1. The number of aromatic nitrogens is 1. The van der Waals surface area contributed by atoms with Crippen molar-refractivity contribution in [2.75, 3.05) is 18.4 Å². The summed E-state index contributed by atoms with van der Waals surface area (Å²) in [6, 6.07) is 0. The number of ether oxygens (including phenoxy) is 1. The van der Waals surface area contributed by atoms with E-state index < -0.39 is 0 Å². The highest BCUT2D eigenvalue weighted by Crippen LogP contribution is 2.49. The molecule has 2 saturated carbocycles. The number of thiazole rings is 1. The topological polar surface area (TPSA) is 54.5 Å². The summed E-state index contributed by atoms with van der Waals surface area (Å²) in [6.45, 7) is 6.94. The minimum Gasteiger partial charge on any atom is -0.373 e. The molecule has 5 nitrogen and oxygen atoms in total. The first kappa shape index (κ1) is 17.4. The van der Waals surface area contributed by atoms with Crippen molar-refractivity contribution >= 4 is 22.4 Å². The Hall–Kier alpha value is -0.980. The van der Waals surface area contributed by atoms with Crippen LogP contribution in [0.2, 0.25) is 0 Å². The highest BCUT2D eigenvalue weighted by Gasteiger charge is 2.40. The van der Waals surface area contributed by atoms with Gasteiger partial charge in [-0.15, -0.1) is 11.3 Å². The Morgan fingerprint density at radius 1 is 1.32 bits per heavy atom. The summed E-state index contributed by atoms with van der Waals surface area (Å²) in [4.78, 5) is 19.4. The van der Waals surface area contributed by atoms with Crippen LogP contribution >= 0.6 is 11.3 Å². The first-order valence-corrected chi connectivity index (χ1v) is 10.5. The third kappa shape index (κ3) is 4.23. The zero-order valence-electron chi connectivity index (χ0n) is 15.2. The summed E-state index contributed by atoms with van der Waals surface area (Å²) in [6.07, 6.45) is 6.54.